The smallest absolute Gasteiger partial charge is 0.410 e. The number of piperidine rings is 2. The van der Waals surface area contributed by atoms with Crippen molar-refractivity contribution in [2.75, 3.05) is 63.9 Å². The highest BCUT2D eigenvalue weighted by Crippen LogP contribution is 2.43. The lowest BCUT2D eigenvalue weighted by molar-refractivity contribution is 0.00593. The van der Waals surface area contributed by atoms with E-state index in [-0.39, 0.29) is 17.4 Å². The highest BCUT2D eigenvalue weighted by molar-refractivity contribution is 9.10. The molecule has 0 radical (unpaired) electrons. The number of halogens is 1. The molecule has 4 heterocycles. The molecule has 0 spiro atoms. The van der Waals surface area contributed by atoms with Gasteiger partial charge in [-0.1, -0.05) is 6.92 Å². The number of pyridine rings is 1. The second-order valence-corrected chi connectivity index (χ2v) is 18.6. The standard InChI is InChI=1S/C30H48BrN4O6S2/c1-29(2,3)41-28(36)33-14-10-30(4,11-15-33)20-40-26-23(22-8-12-35(13-9-22)43(7,37)38)18-32-27-25(26)24(31)19-34(27)21-39-16-17-42(5)6/h18-19,22H,8-17,20-21H2,1-7H3/q+1. The summed E-state index contributed by atoms with van der Waals surface area (Å²) in [4.78, 5) is 19.3. The molecule has 13 heteroatoms. The first-order valence-electron chi connectivity index (χ1n) is 14.9. The summed E-state index contributed by atoms with van der Waals surface area (Å²) in [5.41, 5.74) is 1.15. The molecule has 0 bridgehead atoms. The zero-order valence-electron chi connectivity index (χ0n) is 26.7. The van der Waals surface area contributed by atoms with Gasteiger partial charge in [0.1, 0.15) is 29.5 Å². The van der Waals surface area contributed by atoms with Gasteiger partial charge >= 0.3 is 6.09 Å². The van der Waals surface area contributed by atoms with Crippen LogP contribution >= 0.6 is 15.9 Å². The minimum Gasteiger partial charge on any atom is -0.492 e. The number of fused-ring (bicyclic) bond motifs is 1. The van der Waals surface area contributed by atoms with E-state index in [0.29, 0.717) is 69.9 Å². The van der Waals surface area contributed by atoms with Crippen LogP contribution in [0, 0.1) is 5.41 Å². The molecule has 0 aromatic carbocycles. The van der Waals surface area contributed by atoms with Crippen LogP contribution in [0.3, 0.4) is 0 Å². The highest BCUT2D eigenvalue weighted by Gasteiger charge is 2.36. The Bertz CT molecular complexity index is 1380. The van der Waals surface area contributed by atoms with Crippen LogP contribution in [0.1, 0.15) is 64.9 Å². The van der Waals surface area contributed by atoms with Crippen LogP contribution in [-0.4, -0.2) is 103 Å². The molecule has 10 nitrogen and oxygen atoms in total. The number of hydrogen-bond donors (Lipinski definition) is 0. The number of carbonyl (C=O) groups excluding carboxylic acids is 1. The predicted molar refractivity (Wildman–Crippen MR) is 176 cm³/mol. The molecule has 4 rings (SSSR count). The van der Waals surface area contributed by atoms with E-state index < -0.39 is 15.6 Å². The van der Waals surface area contributed by atoms with Gasteiger partial charge in [0.2, 0.25) is 10.0 Å². The average Bonchev–Trinajstić information content (AvgIpc) is 3.24. The van der Waals surface area contributed by atoms with E-state index in [1.54, 1.807) is 9.21 Å². The highest BCUT2D eigenvalue weighted by atomic mass is 79.9. The fourth-order valence-electron chi connectivity index (χ4n) is 5.57. The van der Waals surface area contributed by atoms with E-state index in [1.165, 1.54) is 6.26 Å². The van der Waals surface area contributed by atoms with Crippen LogP contribution in [0.2, 0.25) is 0 Å². The molecule has 43 heavy (non-hydrogen) atoms. The maximum atomic E-state index is 12.6. The number of carbonyl (C=O) groups is 1. The molecule has 2 aromatic rings. The fourth-order valence-corrected chi connectivity index (χ4v) is 7.50. The van der Waals surface area contributed by atoms with Crippen LogP contribution in [0.4, 0.5) is 4.79 Å². The summed E-state index contributed by atoms with van der Waals surface area (Å²) in [6.45, 7) is 11.6. The van der Waals surface area contributed by atoms with Crippen molar-refractivity contribution >= 4 is 54.0 Å². The fraction of sp³-hybridized carbons (Fsp3) is 0.733. The molecule has 0 aliphatic carbocycles. The Morgan fingerprint density at radius 2 is 1.81 bits per heavy atom. The maximum Gasteiger partial charge on any atom is 0.410 e. The van der Waals surface area contributed by atoms with Crippen molar-refractivity contribution in [3.05, 3.63) is 22.4 Å². The SMILES string of the molecule is C[S+](C)CCOCn1cc(Br)c2c(OCC3(C)CCN(C(=O)OC(C)(C)C)CC3)c(C3CCN(S(C)(=O)=O)CC3)cnc21. The number of likely N-dealkylation sites (tertiary alicyclic amines) is 1. The molecule has 2 fully saturated rings. The molecule has 242 valence electrons. The summed E-state index contributed by atoms with van der Waals surface area (Å²) in [5.74, 6) is 1.95. The molecule has 2 saturated heterocycles. The Labute approximate surface area is 268 Å². The Kier molecular flexibility index (Phi) is 11.1. The van der Waals surface area contributed by atoms with E-state index in [9.17, 15) is 13.2 Å². The zero-order chi connectivity index (χ0) is 31.6. The van der Waals surface area contributed by atoms with E-state index in [1.807, 2.05) is 37.7 Å². The minimum absolute atomic E-state index is 0.124. The Hall–Kier alpha value is -1.54. The first-order valence-corrected chi connectivity index (χ1v) is 19.8. The topological polar surface area (TPSA) is 103 Å². The van der Waals surface area contributed by atoms with Gasteiger partial charge in [0, 0.05) is 54.0 Å². The van der Waals surface area contributed by atoms with Gasteiger partial charge < -0.3 is 23.7 Å². The van der Waals surface area contributed by atoms with Crippen molar-refractivity contribution in [1.82, 2.24) is 18.8 Å². The monoisotopic (exact) mass is 703 g/mol. The molecule has 0 N–H and O–H groups in total. The van der Waals surface area contributed by atoms with E-state index in [4.69, 9.17) is 19.2 Å². The van der Waals surface area contributed by atoms with Gasteiger partial charge in [-0.25, -0.2) is 22.5 Å². The van der Waals surface area contributed by atoms with Crippen LogP contribution < -0.4 is 4.74 Å². The number of aromatic nitrogens is 2. The van der Waals surface area contributed by atoms with Crippen LogP contribution in [-0.2, 0) is 37.1 Å². The van der Waals surface area contributed by atoms with Gasteiger partial charge in [-0.05, 0) is 79.2 Å². The largest absolute Gasteiger partial charge is 0.492 e. The number of rotatable bonds is 10. The molecule has 0 saturated carbocycles. The van der Waals surface area contributed by atoms with Crippen LogP contribution in [0.25, 0.3) is 11.0 Å². The van der Waals surface area contributed by atoms with Gasteiger partial charge in [0.05, 0.1) is 37.4 Å². The number of amides is 1. The molecule has 2 aromatic heterocycles. The number of hydrogen-bond acceptors (Lipinski definition) is 7. The van der Waals surface area contributed by atoms with Crippen molar-refractivity contribution in [1.29, 1.82) is 0 Å². The molecular formula is C30H48BrN4O6S2+. The summed E-state index contributed by atoms with van der Waals surface area (Å²) in [6, 6.07) is 0. The molecule has 0 atom stereocenters. The lowest BCUT2D eigenvalue weighted by atomic mass is 9.81. The van der Waals surface area contributed by atoms with Crippen molar-refractivity contribution in [3.8, 4) is 5.75 Å². The maximum absolute atomic E-state index is 12.6. The normalized spacial score (nSPS) is 18.9. The lowest BCUT2D eigenvalue weighted by Crippen LogP contribution is -2.46. The molecule has 1 amide bonds. The van der Waals surface area contributed by atoms with Gasteiger partial charge in [-0.15, -0.1) is 0 Å². The Morgan fingerprint density at radius 1 is 1.16 bits per heavy atom. The molecule has 2 aliphatic rings. The van der Waals surface area contributed by atoms with Crippen LogP contribution in [0.5, 0.6) is 5.75 Å². The summed E-state index contributed by atoms with van der Waals surface area (Å²) >= 11 is 3.78. The summed E-state index contributed by atoms with van der Waals surface area (Å²) in [7, 11) is -2.91. The van der Waals surface area contributed by atoms with Gasteiger partial charge in [-0.3, -0.25) is 0 Å². The molecule has 0 unspecified atom stereocenters. The average molecular weight is 705 g/mol. The van der Waals surface area contributed by atoms with E-state index >= 15 is 0 Å². The Balaban J connectivity index is 1.56. The first kappa shape index (κ1) is 34.3. The van der Waals surface area contributed by atoms with Crippen molar-refractivity contribution in [2.45, 2.75) is 71.6 Å². The van der Waals surface area contributed by atoms with Crippen molar-refractivity contribution in [3.63, 3.8) is 0 Å². The Morgan fingerprint density at radius 3 is 2.40 bits per heavy atom. The number of ether oxygens (including phenoxy) is 3. The van der Waals surface area contributed by atoms with E-state index in [2.05, 4.69) is 35.4 Å². The van der Waals surface area contributed by atoms with Gasteiger partial charge in [-0.2, -0.15) is 0 Å². The summed E-state index contributed by atoms with van der Waals surface area (Å²) in [5, 5.41) is 0.909. The quantitative estimate of drug-likeness (QED) is 0.247. The second-order valence-electron chi connectivity index (χ2n) is 13.4. The van der Waals surface area contributed by atoms with Gasteiger partial charge in [0.25, 0.3) is 0 Å². The zero-order valence-corrected chi connectivity index (χ0v) is 29.9. The molecular weight excluding hydrogens is 656 g/mol. The number of nitrogens with zero attached hydrogens (tertiary/aromatic N) is 4. The summed E-state index contributed by atoms with van der Waals surface area (Å²) in [6.07, 6.45) is 12.3. The van der Waals surface area contributed by atoms with E-state index in [0.717, 1.165) is 45.4 Å². The van der Waals surface area contributed by atoms with Crippen molar-refractivity contribution < 1.29 is 27.4 Å². The predicted octanol–water partition coefficient (Wildman–Crippen LogP) is 5.21. The van der Waals surface area contributed by atoms with Crippen molar-refractivity contribution in [2.24, 2.45) is 5.41 Å². The second kappa shape index (κ2) is 13.8. The summed E-state index contributed by atoms with van der Waals surface area (Å²) < 4.78 is 47.1. The minimum atomic E-state index is -3.22. The lowest BCUT2D eigenvalue weighted by Gasteiger charge is -2.39. The molecule has 2 aliphatic heterocycles. The third kappa shape index (κ3) is 9.02. The van der Waals surface area contributed by atoms with Gasteiger partial charge in [0.15, 0.2) is 0 Å². The third-order valence-corrected chi connectivity index (χ3v) is 11.1. The number of sulfonamides is 1. The van der Waals surface area contributed by atoms with Crippen LogP contribution in [0.15, 0.2) is 16.9 Å². The third-order valence-electron chi connectivity index (χ3n) is 8.24. The first-order chi connectivity index (χ1) is 20.1.